The zero-order chi connectivity index (χ0) is 28.1. The summed E-state index contributed by atoms with van der Waals surface area (Å²) in [6.07, 6.45) is -1.87. The standard InChI is InChI=1S/C26H29F3N8O2/c1-14(17-9-18(26(27,28)29)11-19(30)10-17)32-22-20-12-21(25(39-4)5-7-36(8-6-25)16(3)38)24-35-31-13-37(24)23(20)34-15(2)33-22/h9-14H,5-8,30H2,1-4H3,(H,32,33,34)/t14-/m1/s1. The predicted molar refractivity (Wildman–Crippen MR) is 139 cm³/mol. The predicted octanol–water partition coefficient (Wildman–Crippen LogP) is 4.24. The van der Waals surface area contributed by atoms with Crippen LogP contribution < -0.4 is 11.1 Å². The van der Waals surface area contributed by atoms with Gasteiger partial charge in [-0.05, 0) is 56.5 Å². The molecule has 3 aromatic heterocycles. The number of nitrogens with zero attached hydrogens (tertiary/aromatic N) is 6. The van der Waals surface area contributed by atoms with Gasteiger partial charge in [-0.1, -0.05) is 0 Å². The summed E-state index contributed by atoms with van der Waals surface area (Å²) in [7, 11) is 1.63. The molecule has 1 aromatic carbocycles. The van der Waals surface area contributed by atoms with Gasteiger partial charge in [-0.25, -0.2) is 9.97 Å². The minimum atomic E-state index is -4.52. The van der Waals surface area contributed by atoms with E-state index in [9.17, 15) is 18.0 Å². The van der Waals surface area contributed by atoms with Crippen LogP contribution in [0.3, 0.4) is 0 Å². The Bertz CT molecular complexity index is 1560. The maximum Gasteiger partial charge on any atom is 0.416 e. The molecule has 1 saturated heterocycles. The monoisotopic (exact) mass is 542 g/mol. The second kappa shape index (κ2) is 9.63. The van der Waals surface area contributed by atoms with Gasteiger partial charge in [-0.15, -0.1) is 10.2 Å². The van der Waals surface area contributed by atoms with Crippen molar-refractivity contribution in [1.29, 1.82) is 0 Å². The first-order valence-corrected chi connectivity index (χ1v) is 12.5. The van der Waals surface area contributed by atoms with Gasteiger partial charge in [0.05, 0.1) is 22.6 Å². The van der Waals surface area contributed by atoms with E-state index in [0.717, 1.165) is 17.7 Å². The Labute approximate surface area is 222 Å². The zero-order valence-corrected chi connectivity index (χ0v) is 22.0. The number of nitrogen functional groups attached to an aromatic ring is 1. The van der Waals surface area contributed by atoms with Gasteiger partial charge in [0.15, 0.2) is 11.3 Å². The number of hydrogen-bond acceptors (Lipinski definition) is 8. The molecule has 5 rings (SSSR count). The number of hydrogen-bond donors (Lipinski definition) is 2. The average Bonchev–Trinajstić information content (AvgIpc) is 3.38. The van der Waals surface area contributed by atoms with Gasteiger partial charge in [-0.3, -0.25) is 9.20 Å². The summed E-state index contributed by atoms with van der Waals surface area (Å²) in [5, 5.41) is 12.4. The molecule has 1 atom stereocenters. The topological polar surface area (TPSA) is 124 Å². The second-order valence-corrected chi connectivity index (χ2v) is 9.90. The summed E-state index contributed by atoms with van der Waals surface area (Å²) >= 11 is 0. The molecule has 13 heteroatoms. The molecule has 1 aliphatic rings. The van der Waals surface area contributed by atoms with Crippen molar-refractivity contribution in [3.05, 3.63) is 53.1 Å². The van der Waals surface area contributed by atoms with Crippen LogP contribution in [-0.2, 0) is 21.3 Å². The molecule has 0 aliphatic carbocycles. The van der Waals surface area contributed by atoms with Crippen LogP contribution in [0.5, 0.6) is 0 Å². The smallest absolute Gasteiger partial charge is 0.399 e. The van der Waals surface area contributed by atoms with E-state index in [1.165, 1.54) is 6.07 Å². The molecule has 0 saturated carbocycles. The largest absolute Gasteiger partial charge is 0.416 e. The maximum absolute atomic E-state index is 13.4. The fraction of sp³-hybridized carbons (Fsp3) is 0.423. The van der Waals surface area contributed by atoms with Crippen molar-refractivity contribution >= 4 is 34.1 Å². The summed E-state index contributed by atoms with van der Waals surface area (Å²) in [4.78, 5) is 22.9. The van der Waals surface area contributed by atoms with Crippen molar-refractivity contribution in [1.82, 2.24) is 29.5 Å². The summed E-state index contributed by atoms with van der Waals surface area (Å²) in [6, 6.07) is 4.84. The van der Waals surface area contributed by atoms with E-state index in [4.69, 9.17) is 10.5 Å². The van der Waals surface area contributed by atoms with Crippen LogP contribution in [0.2, 0.25) is 0 Å². The first-order chi connectivity index (χ1) is 18.4. The number of benzene rings is 1. The number of piperidine rings is 1. The summed E-state index contributed by atoms with van der Waals surface area (Å²) in [6.45, 7) is 6.06. The Hall–Kier alpha value is -4.00. The van der Waals surface area contributed by atoms with E-state index in [1.807, 2.05) is 6.07 Å². The molecule has 1 fully saturated rings. The zero-order valence-electron chi connectivity index (χ0n) is 22.0. The highest BCUT2D eigenvalue weighted by molar-refractivity contribution is 5.90. The van der Waals surface area contributed by atoms with Crippen molar-refractivity contribution in [2.24, 2.45) is 0 Å². The quantitative estimate of drug-likeness (QED) is 0.359. The van der Waals surface area contributed by atoms with Gasteiger partial charge in [0.2, 0.25) is 5.91 Å². The second-order valence-electron chi connectivity index (χ2n) is 9.90. The third-order valence-electron chi connectivity index (χ3n) is 7.40. The molecule has 10 nitrogen and oxygen atoms in total. The van der Waals surface area contributed by atoms with E-state index < -0.39 is 23.4 Å². The van der Waals surface area contributed by atoms with Crippen molar-refractivity contribution in [2.75, 3.05) is 31.2 Å². The third kappa shape index (κ3) is 4.82. The summed E-state index contributed by atoms with van der Waals surface area (Å²) in [5.74, 6) is 0.899. The number of methoxy groups -OCH3 is 1. The van der Waals surface area contributed by atoms with E-state index in [2.05, 4.69) is 25.5 Å². The number of halogens is 3. The Kier molecular flexibility index (Phi) is 6.57. The van der Waals surface area contributed by atoms with E-state index in [-0.39, 0.29) is 11.6 Å². The average molecular weight is 543 g/mol. The van der Waals surface area contributed by atoms with Crippen molar-refractivity contribution < 1.29 is 22.7 Å². The molecule has 206 valence electrons. The van der Waals surface area contributed by atoms with Crippen LogP contribution in [0.1, 0.15) is 55.2 Å². The van der Waals surface area contributed by atoms with Gasteiger partial charge >= 0.3 is 6.18 Å². The number of fused-ring (bicyclic) bond motifs is 3. The van der Waals surface area contributed by atoms with E-state index in [0.29, 0.717) is 59.8 Å². The number of carbonyl (C=O) groups excluding carboxylic acids is 1. The molecular formula is C26H29F3N8O2. The minimum absolute atomic E-state index is 0.00502. The van der Waals surface area contributed by atoms with Crippen LogP contribution in [-0.4, -0.2) is 55.6 Å². The number of nitrogens with one attached hydrogen (secondary N) is 1. The van der Waals surface area contributed by atoms with Crippen molar-refractivity contribution in [3.63, 3.8) is 0 Å². The molecule has 0 unspecified atom stereocenters. The molecule has 0 spiro atoms. The molecule has 0 radical (unpaired) electrons. The van der Waals surface area contributed by atoms with Crippen molar-refractivity contribution in [2.45, 2.75) is 51.4 Å². The Balaban J connectivity index is 1.62. The lowest BCUT2D eigenvalue weighted by Crippen LogP contribution is -2.45. The number of amides is 1. The van der Waals surface area contributed by atoms with E-state index in [1.54, 1.807) is 43.5 Å². The number of carbonyl (C=O) groups is 1. The fourth-order valence-electron chi connectivity index (χ4n) is 5.26. The highest BCUT2D eigenvalue weighted by Crippen LogP contribution is 2.41. The molecule has 0 bridgehead atoms. The lowest BCUT2D eigenvalue weighted by molar-refractivity contribution is -0.137. The Morgan fingerprint density at radius 2 is 1.87 bits per heavy atom. The summed E-state index contributed by atoms with van der Waals surface area (Å²) in [5.41, 5.74) is 6.51. The molecule has 1 amide bonds. The van der Waals surface area contributed by atoms with Gasteiger partial charge in [0.1, 0.15) is 18.0 Å². The van der Waals surface area contributed by atoms with Crippen LogP contribution >= 0.6 is 0 Å². The van der Waals surface area contributed by atoms with Crippen LogP contribution in [0.4, 0.5) is 24.7 Å². The molecule has 1 aliphatic heterocycles. The van der Waals surface area contributed by atoms with Crippen LogP contribution in [0.15, 0.2) is 30.6 Å². The number of alkyl halides is 3. The molecule has 39 heavy (non-hydrogen) atoms. The highest BCUT2D eigenvalue weighted by Gasteiger charge is 2.40. The number of nitrogens with two attached hydrogens (primary N) is 1. The number of ether oxygens (including phenoxy) is 1. The van der Waals surface area contributed by atoms with Gasteiger partial charge in [-0.2, -0.15) is 13.2 Å². The lowest BCUT2D eigenvalue weighted by Gasteiger charge is -2.41. The molecule has 4 heterocycles. The van der Waals surface area contributed by atoms with Crippen LogP contribution in [0, 0.1) is 6.92 Å². The van der Waals surface area contributed by atoms with Gasteiger partial charge < -0.3 is 20.7 Å². The number of rotatable bonds is 5. The molecule has 4 aromatic rings. The highest BCUT2D eigenvalue weighted by atomic mass is 19.4. The first kappa shape index (κ1) is 26.6. The Morgan fingerprint density at radius 1 is 1.15 bits per heavy atom. The summed E-state index contributed by atoms with van der Waals surface area (Å²) < 4.78 is 48.1. The van der Waals surface area contributed by atoms with Gasteiger partial charge in [0.25, 0.3) is 0 Å². The Morgan fingerprint density at radius 3 is 2.51 bits per heavy atom. The number of likely N-dealkylation sites (tertiary alicyclic amines) is 1. The minimum Gasteiger partial charge on any atom is -0.399 e. The maximum atomic E-state index is 13.4. The van der Waals surface area contributed by atoms with Crippen molar-refractivity contribution in [3.8, 4) is 0 Å². The first-order valence-electron chi connectivity index (χ1n) is 12.5. The molecule has 3 N–H and O–H groups in total. The normalized spacial score (nSPS) is 16.5. The van der Waals surface area contributed by atoms with Crippen LogP contribution in [0.25, 0.3) is 16.7 Å². The lowest BCUT2D eigenvalue weighted by atomic mass is 9.84. The number of aromatic nitrogens is 5. The van der Waals surface area contributed by atoms with E-state index >= 15 is 0 Å². The number of aryl methyl sites for hydroxylation is 1. The SMILES string of the molecule is COC1(c2cc3c(N[C@H](C)c4cc(N)cc(C(F)(F)F)c4)nc(C)nc3n3cnnc23)CCN(C(C)=O)CC1. The number of anilines is 2. The molecular weight excluding hydrogens is 513 g/mol. The third-order valence-corrected chi connectivity index (χ3v) is 7.40. The van der Waals surface area contributed by atoms with Gasteiger partial charge in [0, 0.05) is 38.4 Å². The number of pyridine rings is 1. The fourth-order valence-corrected chi connectivity index (χ4v) is 5.26.